The number of methoxy groups -OCH3 is 1. The van der Waals surface area contributed by atoms with Crippen LogP contribution < -0.4 is 5.32 Å². The first-order valence-corrected chi connectivity index (χ1v) is 5.82. The molecule has 0 aliphatic heterocycles. The van der Waals surface area contributed by atoms with E-state index in [1.807, 2.05) is 11.3 Å². The molecule has 0 aliphatic carbocycles. The van der Waals surface area contributed by atoms with E-state index in [2.05, 4.69) is 37.5 Å². The van der Waals surface area contributed by atoms with Gasteiger partial charge in [-0.05, 0) is 37.8 Å². The van der Waals surface area contributed by atoms with Crippen LogP contribution in [0.5, 0.6) is 0 Å². The molecule has 1 N–H and O–H groups in total. The van der Waals surface area contributed by atoms with Crippen LogP contribution in [0.3, 0.4) is 0 Å². The van der Waals surface area contributed by atoms with Gasteiger partial charge >= 0.3 is 0 Å². The Morgan fingerprint density at radius 3 is 2.71 bits per heavy atom. The van der Waals surface area contributed by atoms with Crippen LogP contribution in [0.15, 0.2) is 11.4 Å². The fourth-order valence-corrected chi connectivity index (χ4v) is 2.57. The highest BCUT2D eigenvalue weighted by atomic mass is 32.1. The average molecular weight is 213 g/mol. The van der Waals surface area contributed by atoms with Crippen molar-refractivity contribution in [2.24, 2.45) is 0 Å². The van der Waals surface area contributed by atoms with Crippen molar-refractivity contribution in [2.75, 3.05) is 13.7 Å². The van der Waals surface area contributed by atoms with Crippen LogP contribution in [0, 0.1) is 6.92 Å². The lowest BCUT2D eigenvalue weighted by atomic mass is 10.2. The molecule has 0 saturated heterocycles. The van der Waals surface area contributed by atoms with Crippen LogP contribution in [-0.4, -0.2) is 19.8 Å². The Balaban J connectivity index is 2.50. The Hall–Kier alpha value is -0.380. The number of ether oxygens (including phenoxy) is 1. The van der Waals surface area contributed by atoms with Gasteiger partial charge in [-0.25, -0.2) is 0 Å². The van der Waals surface area contributed by atoms with Crippen LogP contribution in [0.4, 0.5) is 0 Å². The summed E-state index contributed by atoms with van der Waals surface area (Å²) in [6, 6.07) is 2.98. The average Bonchev–Trinajstić information content (AvgIpc) is 2.51. The Kier molecular flexibility index (Phi) is 4.58. The Morgan fingerprint density at radius 1 is 1.50 bits per heavy atom. The van der Waals surface area contributed by atoms with Gasteiger partial charge in [0.25, 0.3) is 0 Å². The normalized spacial score (nSPS) is 15.4. The van der Waals surface area contributed by atoms with Gasteiger partial charge in [-0.1, -0.05) is 0 Å². The summed E-state index contributed by atoms with van der Waals surface area (Å²) >= 11 is 1.81. The Morgan fingerprint density at radius 2 is 2.21 bits per heavy atom. The maximum Gasteiger partial charge on any atom is 0.0613 e. The van der Waals surface area contributed by atoms with E-state index in [1.54, 1.807) is 7.11 Å². The molecule has 0 bridgehead atoms. The largest absolute Gasteiger partial charge is 0.383 e. The summed E-state index contributed by atoms with van der Waals surface area (Å²) in [6.45, 7) is 7.26. The van der Waals surface area contributed by atoms with Gasteiger partial charge in [-0.2, -0.15) is 0 Å². The standard InChI is InChI=1S/C11H19NOS/c1-8-5-6-14-11(8)10(3)12-9(2)7-13-4/h5-6,9-10,12H,7H2,1-4H3/t9-,10+/m1/s1. The second kappa shape index (κ2) is 5.49. The summed E-state index contributed by atoms with van der Waals surface area (Å²) in [5.74, 6) is 0. The van der Waals surface area contributed by atoms with Crippen molar-refractivity contribution in [1.29, 1.82) is 0 Å². The highest BCUT2D eigenvalue weighted by Gasteiger charge is 2.11. The van der Waals surface area contributed by atoms with Gasteiger partial charge < -0.3 is 10.1 Å². The number of hydrogen-bond acceptors (Lipinski definition) is 3. The van der Waals surface area contributed by atoms with Crippen LogP contribution in [0.25, 0.3) is 0 Å². The third kappa shape index (κ3) is 3.08. The van der Waals surface area contributed by atoms with Gasteiger partial charge in [0.05, 0.1) is 6.61 Å². The topological polar surface area (TPSA) is 21.3 Å². The van der Waals surface area contributed by atoms with E-state index < -0.39 is 0 Å². The molecular formula is C11H19NOS. The van der Waals surface area contributed by atoms with Crippen molar-refractivity contribution in [3.8, 4) is 0 Å². The minimum atomic E-state index is 0.400. The lowest BCUT2D eigenvalue weighted by Crippen LogP contribution is -2.32. The molecule has 3 heteroatoms. The van der Waals surface area contributed by atoms with Crippen molar-refractivity contribution >= 4 is 11.3 Å². The van der Waals surface area contributed by atoms with Crippen molar-refractivity contribution in [3.63, 3.8) is 0 Å². The summed E-state index contributed by atoms with van der Waals surface area (Å²) in [5.41, 5.74) is 1.37. The number of aryl methyl sites for hydroxylation is 1. The Bertz CT molecular complexity index is 272. The summed E-state index contributed by atoms with van der Waals surface area (Å²) in [6.07, 6.45) is 0. The molecule has 0 fully saturated rings. The second-order valence-electron chi connectivity index (χ2n) is 3.71. The minimum Gasteiger partial charge on any atom is -0.383 e. The zero-order valence-electron chi connectivity index (χ0n) is 9.33. The molecule has 0 radical (unpaired) electrons. The molecule has 1 heterocycles. The van der Waals surface area contributed by atoms with Crippen molar-refractivity contribution < 1.29 is 4.74 Å². The molecule has 0 aromatic carbocycles. The molecule has 0 unspecified atom stereocenters. The van der Waals surface area contributed by atoms with Crippen LogP contribution in [0.1, 0.15) is 30.3 Å². The van der Waals surface area contributed by atoms with Gasteiger partial charge in [0, 0.05) is 24.1 Å². The first-order valence-electron chi connectivity index (χ1n) is 4.94. The van der Waals surface area contributed by atoms with Crippen LogP contribution >= 0.6 is 11.3 Å². The molecule has 14 heavy (non-hydrogen) atoms. The molecule has 0 amide bonds. The fourth-order valence-electron chi connectivity index (χ4n) is 1.63. The number of hydrogen-bond donors (Lipinski definition) is 1. The molecule has 1 aromatic rings. The zero-order valence-corrected chi connectivity index (χ0v) is 10.1. The fraction of sp³-hybridized carbons (Fsp3) is 0.636. The van der Waals surface area contributed by atoms with Crippen molar-refractivity contribution in [3.05, 3.63) is 21.9 Å². The highest BCUT2D eigenvalue weighted by Crippen LogP contribution is 2.23. The van der Waals surface area contributed by atoms with E-state index in [-0.39, 0.29) is 0 Å². The predicted molar refractivity (Wildman–Crippen MR) is 61.9 cm³/mol. The van der Waals surface area contributed by atoms with E-state index >= 15 is 0 Å². The minimum absolute atomic E-state index is 0.400. The van der Waals surface area contributed by atoms with Crippen LogP contribution in [-0.2, 0) is 4.74 Å². The van der Waals surface area contributed by atoms with Crippen molar-refractivity contribution in [2.45, 2.75) is 32.9 Å². The van der Waals surface area contributed by atoms with Crippen molar-refractivity contribution in [1.82, 2.24) is 5.32 Å². The number of rotatable bonds is 5. The number of thiophene rings is 1. The van der Waals surface area contributed by atoms with E-state index in [0.29, 0.717) is 12.1 Å². The maximum atomic E-state index is 5.09. The number of nitrogens with one attached hydrogen (secondary N) is 1. The molecule has 0 aliphatic rings. The zero-order chi connectivity index (χ0) is 10.6. The summed E-state index contributed by atoms with van der Waals surface area (Å²) in [7, 11) is 1.74. The first-order chi connectivity index (χ1) is 6.65. The van der Waals surface area contributed by atoms with E-state index in [1.165, 1.54) is 10.4 Å². The third-order valence-corrected chi connectivity index (χ3v) is 3.45. The molecular weight excluding hydrogens is 194 g/mol. The van der Waals surface area contributed by atoms with Crippen LogP contribution in [0.2, 0.25) is 0 Å². The molecule has 1 aromatic heterocycles. The van der Waals surface area contributed by atoms with Gasteiger partial charge in [-0.15, -0.1) is 11.3 Å². The SMILES string of the molecule is COC[C@@H](C)N[C@@H](C)c1sccc1C. The quantitative estimate of drug-likeness (QED) is 0.812. The monoisotopic (exact) mass is 213 g/mol. The maximum absolute atomic E-state index is 5.09. The van der Waals surface area contributed by atoms with Gasteiger partial charge in [0.15, 0.2) is 0 Å². The predicted octanol–water partition coefficient (Wildman–Crippen LogP) is 2.74. The molecule has 1 rings (SSSR count). The highest BCUT2D eigenvalue weighted by molar-refractivity contribution is 7.10. The molecule has 2 atom stereocenters. The lowest BCUT2D eigenvalue weighted by Gasteiger charge is -2.19. The summed E-state index contributed by atoms with van der Waals surface area (Å²) in [5, 5.41) is 5.65. The van der Waals surface area contributed by atoms with E-state index in [0.717, 1.165) is 6.61 Å². The van der Waals surface area contributed by atoms with Gasteiger partial charge in [0.1, 0.15) is 0 Å². The second-order valence-corrected chi connectivity index (χ2v) is 4.66. The summed E-state index contributed by atoms with van der Waals surface area (Å²) in [4.78, 5) is 1.42. The van der Waals surface area contributed by atoms with Gasteiger partial charge in [0.2, 0.25) is 0 Å². The third-order valence-electron chi connectivity index (χ3n) is 2.25. The lowest BCUT2D eigenvalue weighted by molar-refractivity contribution is 0.168. The van der Waals surface area contributed by atoms with E-state index in [9.17, 15) is 0 Å². The molecule has 2 nitrogen and oxygen atoms in total. The molecule has 80 valence electrons. The first kappa shape index (κ1) is 11.7. The molecule has 0 spiro atoms. The van der Waals surface area contributed by atoms with Gasteiger partial charge in [-0.3, -0.25) is 0 Å². The van der Waals surface area contributed by atoms with E-state index in [4.69, 9.17) is 4.74 Å². The summed E-state index contributed by atoms with van der Waals surface area (Å²) < 4.78 is 5.09. The smallest absolute Gasteiger partial charge is 0.0613 e. The molecule has 0 saturated carbocycles. The Labute approximate surface area is 90.3 Å².